The van der Waals surface area contributed by atoms with E-state index >= 15 is 0 Å². The summed E-state index contributed by atoms with van der Waals surface area (Å²) in [6.45, 7) is 3.06. The minimum Gasteiger partial charge on any atom is -0.381 e. The highest BCUT2D eigenvalue weighted by Crippen LogP contribution is 2.68. The number of amides is 3. The summed E-state index contributed by atoms with van der Waals surface area (Å²) in [7, 11) is 1.69. The van der Waals surface area contributed by atoms with Gasteiger partial charge in [-0.1, -0.05) is 6.07 Å². The van der Waals surface area contributed by atoms with E-state index in [2.05, 4.69) is 21.0 Å². The van der Waals surface area contributed by atoms with Crippen LogP contribution >= 0.6 is 0 Å². The summed E-state index contributed by atoms with van der Waals surface area (Å²) in [6.07, 6.45) is 6.03. The zero-order valence-electron chi connectivity index (χ0n) is 19.9. The van der Waals surface area contributed by atoms with Gasteiger partial charge in [0.05, 0.1) is 5.41 Å². The van der Waals surface area contributed by atoms with Crippen molar-refractivity contribution in [2.75, 3.05) is 23.8 Å². The number of aryl methyl sites for hydroxylation is 1. The Morgan fingerprint density at radius 2 is 1.91 bits per heavy atom. The van der Waals surface area contributed by atoms with Gasteiger partial charge in [0.1, 0.15) is 11.4 Å². The monoisotopic (exact) mass is 475 g/mol. The largest absolute Gasteiger partial charge is 0.381 e. The summed E-state index contributed by atoms with van der Waals surface area (Å²) in [4.78, 5) is 39.3. The lowest BCUT2D eigenvalue weighted by molar-refractivity contribution is -0.124. The molecule has 35 heavy (non-hydrogen) atoms. The third-order valence-electron chi connectivity index (χ3n) is 8.55. The summed E-state index contributed by atoms with van der Waals surface area (Å²) in [5.74, 6) is -0.0146. The van der Waals surface area contributed by atoms with E-state index in [0.717, 1.165) is 42.0 Å². The van der Waals surface area contributed by atoms with E-state index in [1.165, 1.54) is 4.68 Å². The van der Waals surface area contributed by atoms with Gasteiger partial charge < -0.3 is 20.7 Å². The molecule has 2 aliphatic heterocycles. The second-order valence-electron chi connectivity index (χ2n) is 10.4. The normalized spacial score (nSPS) is 26.1. The highest BCUT2D eigenvalue weighted by molar-refractivity contribution is 6.10. The second-order valence-corrected chi connectivity index (χ2v) is 10.4. The van der Waals surface area contributed by atoms with Crippen LogP contribution in [-0.4, -0.2) is 40.7 Å². The highest BCUT2D eigenvalue weighted by atomic mass is 16.5. The first-order valence-corrected chi connectivity index (χ1v) is 12.2. The number of ether oxygens (including phenoxy) is 1. The average molecular weight is 476 g/mol. The molecule has 1 aromatic carbocycles. The first-order valence-electron chi connectivity index (χ1n) is 12.2. The highest BCUT2D eigenvalue weighted by Gasteiger charge is 2.58. The van der Waals surface area contributed by atoms with Crippen LogP contribution in [0.1, 0.15) is 55.1 Å². The molecule has 9 nitrogen and oxygen atoms in total. The molecule has 7 rings (SSSR count). The molecule has 4 fully saturated rings. The van der Waals surface area contributed by atoms with Crippen LogP contribution in [0.5, 0.6) is 0 Å². The molecule has 3 heterocycles. The van der Waals surface area contributed by atoms with Crippen molar-refractivity contribution < 1.29 is 19.1 Å². The molecule has 3 amide bonds. The van der Waals surface area contributed by atoms with Crippen LogP contribution in [0.3, 0.4) is 0 Å². The van der Waals surface area contributed by atoms with Gasteiger partial charge in [-0.05, 0) is 79.7 Å². The molecule has 1 aromatic heterocycles. The zero-order chi connectivity index (χ0) is 24.4. The van der Waals surface area contributed by atoms with Gasteiger partial charge in [0.2, 0.25) is 5.91 Å². The van der Waals surface area contributed by atoms with Gasteiger partial charge in [0.15, 0.2) is 0 Å². The van der Waals surface area contributed by atoms with Crippen molar-refractivity contribution >= 4 is 29.1 Å². The number of benzene rings is 1. The fourth-order valence-corrected chi connectivity index (χ4v) is 6.21. The average Bonchev–Trinajstić information content (AvgIpc) is 3.31. The van der Waals surface area contributed by atoms with Crippen molar-refractivity contribution in [2.24, 2.45) is 18.4 Å². The molecule has 2 bridgehead atoms. The topological polar surface area (TPSA) is 114 Å². The first-order chi connectivity index (χ1) is 16.8. The first kappa shape index (κ1) is 22.0. The molecule has 3 N–H and O–H groups in total. The Morgan fingerprint density at radius 3 is 2.54 bits per heavy atom. The van der Waals surface area contributed by atoms with Crippen molar-refractivity contribution in [3.05, 3.63) is 53.0 Å². The maximum Gasteiger partial charge on any atom is 0.274 e. The lowest BCUT2D eigenvalue weighted by atomic mass is 9.42. The number of nitrogens with one attached hydrogen (secondary N) is 3. The molecule has 0 atom stereocenters. The Labute approximate surface area is 203 Å². The summed E-state index contributed by atoms with van der Waals surface area (Å²) >= 11 is 0. The predicted octanol–water partition coefficient (Wildman–Crippen LogP) is 2.86. The number of hydrogen-bond donors (Lipinski definition) is 3. The van der Waals surface area contributed by atoms with E-state index in [4.69, 9.17) is 4.74 Å². The molecule has 0 unspecified atom stereocenters. The van der Waals surface area contributed by atoms with Gasteiger partial charge in [-0.25, -0.2) is 0 Å². The smallest absolute Gasteiger partial charge is 0.274 e. The number of anilines is 2. The standard InChI is InChI=1S/C26H29N5O4/c1-15(25-12-16(13-25)14-25)21(30-22(32)20-5-8-27-31(20)2)23(33)28-17-3-4-18-19(11-17)29-24(34)26(18)6-9-35-10-7-26/h3-5,8,11,16H,6-7,9-10,12-14H2,1-2H3,(H,28,33)(H,29,34)(H,30,32). The molecule has 2 aromatic rings. The second kappa shape index (κ2) is 7.78. The van der Waals surface area contributed by atoms with E-state index < -0.39 is 5.41 Å². The van der Waals surface area contributed by atoms with Crippen molar-refractivity contribution in [2.45, 2.75) is 44.4 Å². The third kappa shape index (κ3) is 3.32. The van der Waals surface area contributed by atoms with Gasteiger partial charge in [0, 0.05) is 37.8 Å². The third-order valence-corrected chi connectivity index (χ3v) is 8.55. The Morgan fingerprint density at radius 1 is 1.17 bits per heavy atom. The molecule has 1 spiro atoms. The lowest BCUT2D eigenvalue weighted by Crippen LogP contribution is -2.53. The zero-order valence-corrected chi connectivity index (χ0v) is 19.9. The van der Waals surface area contributed by atoms with Gasteiger partial charge in [-0.15, -0.1) is 0 Å². The van der Waals surface area contributed by atoms with Crippen LogP contribution in [0.15, 0.2) is 41.7 Å². The van der Waals surface area contributed by atoms with E-state index in [1.807, 2.05) is 19.1 Å². The van der Waals surface area contributed by atoms with Crippen LogP contribution < -0.4 is 16.0 Å². The minimum absolute atomic E-state index is 0.0113. The van der Waals surface area contributed by atoms with Crippen LogP contribution in [0.2, 0.25) is 0 Å². The SMILES string of the molecule is CC(=C(NC(=O)c1ccnn1C)C(=O)Nc1ccc2c(c1)NC(=O)C21CCOCC1)C12CC(C1)C2. The molecule has 1 saturated heterocycles. The molecule has 3 saturated carbocycles. The summed E-state index contributed by atoms with van der Waals surface area (Å²) in [6, 6.07) is 7.16. The predicted molar refractivity (Wildman–Crippen MR) is 129 cm³/mol. The molecule has 0 radical (unpaired) electrons. The quantitative estimate of drug-likeness (QED) is 0.576. The molecular weight excluding hydrogens is 446 g/mol. The summed E-state index contributed by atoms with van der Waals surface area (Å²) in [5.41, 5.74) is 3.28. The Bertz CT molecular complexity index is 1270. The van der Waals surface area contributed by atoms with Gasteiger partial charge in [0.25, 0.3) is 11.8 Å². The number of carbonyl (C=O) groups excluding carboxylic acids is 3. The number of carbonyl (C=O) groups is 3. The molecule has 5 aliphatic rings. The van der Waals surface area contributed by atoms with Crippen molar-refractivity contribution in [1.29, 1.82) is 0 Å². The maximum absolute atomic E-state index is 13.5. The number of hydrogen-bond acceptors (Lipinski definition) is 5. The van der Waals surface area contributed by atoms with Crippen LogP contribution in [0.25, 0.3) is 0 Å². The minimum atomic E-state index is -0.557. The number of aromatic nitrogens is 2. The Hall–Kier alpha value is -3.46. The van der Waals surface area contributed by atoms with Crippen molar-refractivity contribution in [3.8, 4) is 0 Å². The molecule has 9 heteroatoms. The number of allylic oxidation sites excluding steroid dienone is 1. The van der Waals surface area contributed by atoms with E-state index in [9.17, 15) is 14.4 Å². The molecule has 182 valence electrons. The fraction of sp³-hybridized carbons (Fsp3) is 0.462. The van der Waals surface area contributed by atoms with Crippen molar-refractivity contribution in [3.63, 3.8) is 0 Å². The maximum atomic E-state index is 13.5. The van der Waals surface area contributed by atoms with Gasteiger partial charge in [-0.2, -0.15) is 5.10 Å². The van der Waals surface area contributed by atoms with E-state index in [1.54, 1.807) is 25.4 Å². The molecular formula is C26H29N5O4. The van der Waals surface area contributed by atoms with Crippen molar-refractivity contribution in [1.82, 2.24) is 15.1 Å². The van der Waals surface area contributed by atoms with Gasteiger partial charge in [-0.3, -0.25) is 19.1 Å². The summed E-state index contributed by atoms with van der Waals surface area (Å²) in [5, 5.41) is 12.9. The Kier molecular flexibility index (Phi) is 4.90. The number of nitrogens with zero attached hydrogens (tertiary/aromatic N) is 2. The lowest BCUT2D eigenvalue weighted by Gasteiger charge is -2.63. The van der Waals surface area contributed by atoms with Crippen LogP contribution in [-0.2, 0) is 26.8 Å². The Balaban J connectivity index is 1.27. The van der Waals surface area contributed by atoms with Crippen LogP contribution in [0, 0.1) is 11.3 Å². The van der Waals surface area contributed by atoms with E-state index in [-0.39, 0.29) is 23.1 Å². The fourth-order valence-electron chi connectivity index (χ4n) is 6.21. The summed E-state index contributed by atoms with van der Waals surface area (Å²) < 4.78 is 6.96. The van der Waals surface area contributed by atoms with Crippen LogP contribution in [0.4, 0.5) is 11.4 Å². The molecule has 3 aliphatic carbocycles. The number of fused-ring (bicyclic) bond motifs is 2. The van der Waals surface area contributed by atoms with E-state index in [0.29, 0.717) is 43.1 Å². The number of rotatable bonds is 5. The van der Waals surface area contributed by atoms with Gasteiger partial charge >= 0.3 is 0 Å².